The number of carboxylic acids is 1. The summed E-state index contributed by atoms with van der Waals surface area (Å²) in [6.45, 7) is 6.66. The Balaban J connectivity index is 2.48. The molecule has 1 heterocycles. The Bertz CT molecular complexity index is 293. The lowest BCUT2D eigenvalue weighted by Gasteiger charge is -2.38. The molecule has 0 aromatic heterocycles. The summed E-state index contributed by atoms with van der Waals surface area (Å²) in [4.78, 5) is 24.3. The van der Waals surface area contributed by atoms with Crippen molar-refractivity contribution in [1.29, 1.82) is 0 Å². The first-order chi connectivity index (χ1) is 7.91. The summed E-state index contributed by atoms with van der Waals surface area (Å²) in [6.07, 6.45) is 2.13. The number of carbonyl (C=O) groups is 2. The van der Waals surface area contributed by atoms with E-state index in [1.165, 1.54) is 0 Å². The minimum atomic E-state index is -0.891. The molecular weight excluding hydrogens is 220 g/mol. The summed E-state index contributed by atoms with van der Waals surface area (Å²) >= 11 is 0. The summed E-state index contributed by atoms with van der Waals surface area (Å²) in [5, 5.41) is 11.4. The van der Waals surface area contributed by atoms with Crippen molar-refractivity contribution in [3.8, 4) is 0 Å². The Morgan fingerprint density at radius 3 is 2.71 bits per heavy atom. The number of hydrogen-bond acceptors (Lipinski definition) is 2. The highest BCUT2D eigenvalue weighted by Gasteiger charge is 2.28. The zero-order valence-corrected chi connectivity index (χ0v) is 10.8. The number of amides is 2. The highest BCUT2D eigenvalue weighted by atomic mass is 16.4. The molecule has 2 N–H and O–H groups in total. The molecule has 0 bridgehead atoms. The molecule has 1 rings (SSSR count). The zero-order chi connectivity index (χ0) is 13.0. The zero-order valence-electron chi connectivity index (χ0n) is 10.8. The summed E-state index contributed by atoms with van der Waals surface area (Å²) < 4.78 is 0. The predicted octanol–water partition coefficient (Wildman–Crippen LogP) is 1.68. The first kappa shape index (κ1) is 13.8. The van der Waals surface area contributed by atoms with Crippen molar-refractivity contribution in [3.05, 3.63) is 0 Å². The fourth-order valence-corrected chi connectivity index (χ4v) is 2.23. The van der Waals surface area contributed by atoms with Gasteiger partial charge in [-0.15, -0.1) is 0 Å². The highest BCUT2D eigenvalue weighted by Crippen LogP contribution is 2.22. The molecule has 5 heteroatoms. The monoisotopic (exact) mass is 242 g/mol. The van der Waals surface area contributed by atoms with Crippen molar-refractivity contribution in [2.75, 3.05) is 6.54 Å². The number of nitrogens with one attached hydrogen (secondary N) is 1. The van der Waals surface area contributed by atoms with E-state index in [2.05, 4.69) is 12.2 Å². The number of hydrogen-bond donors (Lipinski definition) is 2. The van der Waals surface area contributed by atoms with Crippen LogP contribution in [0.5, 0.6) is 0 Å². The first-order valence-corrected chi connectivity index (χ1v) is 6.20. The molecule has 3 unspecified atom stereocenters. The van der Waals surface area contributed by atoms with E-state index in [4.69, 9.17) is 5.11 Å². The first-order valence-electron chi connectivity index (χ1n) is 6.20. The highest BCUT2D eigenvalue weighted by molar-refractivity contribution is 5.76. The summed E-state index contributed by atoms with van der Waals surface area (Å²) in [7, 11) is 0. The maximum absolute atomic E-state index is 12.0. The molecule has 0 aromatic carbocycles. The number of rotatable bonds is 3. The molecule has 0 spiro atoms. The van der Waals surface area contributed by atoms with Crippen LogP contribution in [0.15, 0.2) is 0 Å². The van der Waals surface area contributed by atoms with E-state index in [9.17, 15) is 9.59 Å². The van der Waals surface area contributed by atoms with E-state index in [0.717, 1.165) is 19.4 Å². The van der Waals surface area contributed by atoms with Gasteiger partial charge in [-0.3, -0.25) is 4.79 Å². The number of piperidine rings is 1. The molecule has 0 radical (unpaired) electrons. The van der Waals surface area contributed by atoms with E-state index < -0.39 is 5.97 Å². The number of nitrogens with zero attached hydrogens (tertiary/aromatic N) is 1. The standard InChI is InChI=1S/C12H22N2O3/c1-8-5-4-6-14(10(8)3)12(17)13-9(2)7-11(15)16/h8-10H,4-7H2,1-3H3,(H,13,17)(H,15,16). The quantitative estimate of drug-likeness (QED) is 0.791. The Labute approximate surface area is 102 Å². The lowest BCUT2D eigenvalue weighted by molar-refractivity contribution is -0.137. The van der Waals surface area contributed by atoms with Gasteiger partial charge in [0, 0.05) is 18.6 Å². The number of urea groups is 1. The van der Waals surface area contributed by atoms with Gasteiger partial charge >= 0.3 is 12.0 Å². The van der Waals surface area contributed by atoms with E-state index in [0.29, 0.717) is 5.92 Å². The van der Waals surface area contributed by atoms with Crippen molar-refractivity contribution < 1.29 is 14.7 Å². The van der Waals surface area contributed by atoms with Gasteiger partial charge in [-0.1, -0.05) is 6.92 Å². The number of likely N-dealkylation sites (tertiary alicyclic amines) is 1. The Morgan fingerprint density at radius 1 is 1.47 bits per heavy atom. The summed E-state index contributed by atoms with van der Waals surface area (Å²) in [5.41, 5.74) is 0. The molecule has 0 aliphatic carbocycles. The maximum Gasteiger partial charge on any atom is 0.317 e. The Hall–Kier alpha value is -1.26. The topological polar surface area (TPSA) is 69.6 Å². The molecule has 3 atom stereocenters. The third-order valence-corrected chi connectivity index (χ3v) is 3.49. The van der Waals surface area contributed by atoms with Crippen LogP contribution in [-0.2, 0) is 4.79 Å². The van der Waals surface area contributed by atoms with Crippen LogP contribution in [0.1, 0.15) is 40.0 Å². The van der Waals surface area contributed by atoms with Crippen LogP contribution in [-0.4, -0.2) is 40.6 Å². The second kappa shape index (κ2) is 5.89. The molecular formula is C12H22N2O3. The fraction of sp³-hybridized carbons (Fsp3) is 0.833. The van der Waals surface area contributed by atoms with Gasteiger partial charge < -0.3 is 15.3 Å². The molecule has 98 valence electrons. The van der Waals surface area contributed by atoms with Crippen LogP contribution < -0.4 is 5.32 Å². The van der Waals surface area contributed by atoms with Gasteiger partial charge in [0.2, 0.25) is 0 Å². The van der Waals surface area contributed by atoms with Crippen molar-refractivity contribution in [2.45, 2.75) is 52.1 Å². The number of aliphatic carboxylic acids is 1. The summed E-state index contributed by atoms with van der Waals surface area (Å²) in [5.74, 6) is -0.387. The molecule has 1 saturated heterocycles. The SMILES string of the molecule is CC(CC(=O)O)NC(=O)N1CCCC(C)C1C. The van der Waals surface area contributed by atoms with Crippen molar-refractivity contribution >= 4 is 12.0 Å². The predicted molar refractivity (Wildman–Crippen MR) is 64.8 cm³/mol. The van der Waals surface area contributed by atoms with E-state index in [1.54, 1.807) is 6.92 Å². The van der Waals surface area contributed by atoms with E-state index in [-0.39, 0.29) is 24.5 Å². The lowest BCUT2D eigenvalue weighted by atomic mass is 9.92. The summed E-state index contributed by atoms with van der Waals surface area (Å²) in [6, 6.07) is -0.247. The van der Waals surface area contributed by atoms with Gasteiger partial charge in [-0.25, -0.2) is 4.79 Å². The van der Waals surface area contributed by atoms with Crippen LogP contribution in [0.3, 0.4) is 0 Å². The van der Waals surface area contributed by atoms with Crippen molar-refractivity contribution in [1.82, 2.24) is 10.2 Å². The normalized spacial score (nSPS) is 26.4. The third-order valence-electron chi connectivity index (χ3n) is 3.49. The van der Waals surface area contributed by atoms with Gasteiger partial charge in [-0.2, -0.15) is 0 Å². The molecule has 2 amide bonds. The minimum Gasteiger partial charge on any atom is -0.481 e. The smallest absolute Gasteiger partial charge is 0.317 e. The van der Waals surface area contributed by atoms with Gasteiger partial charge in [0.15, 0.2) is 0 Å². The van der Waals surface area contributed by atoms with Crippen LogP contribution in [0.25, 0.3) is 0 Å². The van der Waals surface area contributed by atoms with Gasteiger partial charge in [0.05, 0.1) is 6.42 Å². The Morgan fingerprint density at radius 2 is 2.12 bits per heavy atom. The second-order valence-corrected chi connectivity index (χ2v) is 5.00. The molecule has 5 nitrogen and oxygen atoms in total. The fourth-order valence-electron chi connectivity index (χ4n) is 2.23. The van der Waals surface area contributed by atoms with Crippen molar-refractivity contribution in [3.63, 3.8) is 0 Å². The molecule has 17 heavy (non-hydrogen) atoms. The molecule has 0 saturated carbocycles. The van der Waals surface area contributed by atoms with Crippen LogP contribution in [0, 0.1) is 5.92 Å². The van der Waals surface area contributed by atoms with E-state index >= 15 is 0 Å². The third kappa shape index (κ3) is 3.91. The number of carbonyl (C=O) groups excluding carboxylic acids is 1. The maximum atomic E-state index is 12.0. The Kier molecular flexibility index (Phi) is 4.78. The minimum absolute atomic E-state index is 0.0382. The second-order valence-electron chi connectivity index (χ2n) is 5.00. The molecule has 1 aliphatic rings. The van der Waals surface area contributed by atoms with Crippen LogP contribution in [0.4, 0.5) is 4.79 Å². The molecule has 1 aliphatic heterocycles. The average molecular weight is 242 g/mol. The van der Waals surface area contributed by atoms with Gasteiger partial charge in [0.1, 0.15) is 0 Å². The van der Waals surface area contributed by atoms with E-state index in [1.807, 2.05) is 11.8 Å². The number of carboxylic acid groups (broad SMARTS) is 1. The largest absolute Gasteiger partial charge is 0.481 e. The molecule has 0 aromatic rings. The van der Waals surface area contributed by atoms with Crippen molar-refractivity contribution in [2.24, 2.45) is 5.92 Å². The molecule has 1 fully saturated rings. The van der Waals surface area contributed by atoms with Crippen LogP contribution >= 0.6 is 0 Å². The lowest BCUT2D eigenvalue weighted by Crippen LogP contribution is -2.52. The average Bonchev–Trinajstić information content (AvgIpc) is 2.20. The van der Waals surface area contributed by atoms with Gasteiger partial charge in [0.25, 0.3) is 0 Å². The van der Waals surface area contributed by atoms with Crippen LogP contribution in [0.2, 0.25) is 0 Å². The van der Waals surface area contributed by atoms with Gasteiger partial charge in [-0.05, 0) is 32.6 Å².